The molecule has 0 aliphatic heterocycles. The van der Waals surface area contributed by atoms with E-state index < -0.39 is 17.9 Å². The fourth-order valence-electron chi connectivity index (χ4n) is 0.842. The van der Waals surface area contributed by atoms with E-state index in [9.17, 15) is 9.59 Å². The number of hydrogen-bond acceptors (Lipinski definition) is 4. The van der Waals surface area contributed by atoms with Gasteiger partial charge in [-0.05, 0) is 13.8 Å². The van der Waals surface area contributed by atoms with Gasteiger partial charge in [0.2, 0.25) is 0 Å². The molecule has 1 atom stereocenters. The SMILES string of the molecule is Cc1cnc(C(=O)NC(C)C(=O)O)cn1. The Balaban J connectivity index is 2.69. The highest BCUT2D eigenvalue weighted by Gasteiger charge is 2.15. The molecule has 1 unspecified atom stereocenters. The maximum absolute atomic E-state index is 11.4. The number of amides is 1. The Labute approximate surface area is 86.4 Å². The molecule has 0 radical (unpaired) electrons. The molecule has 0 saturated heterocycles. The van der Waals surface area contributed by atoms with Crippen molar-refractivity contribution in [1.82, 2.24) is 15.3 Å². The van der Waals surface area contributed by atoms with Crippen molar-refractivity contribution in [2.45, 2.75) is 19.9 Å². The smallest absolute Gasteiger partial charge is 0.325 e. The number of hydrogen-bond donors (Lipinski definition) is 2. The fraction of sp³-hybridized carbons (Fsp3) is 0.333. The standard InChI is InChI=1S/C9H11N3O3/c1-5-3-11-7(4-10-5)8(13)12-6(2)9(14)15/h3-4,6H,1-2H3,(H,12,13)(H,14,15). The summed E-state index contributed by atoms with van der Waals surface area (Å²) in [6, 6.07) is -0.944. The Hall–Kier alpha value is -1.98. The lowest BCUT2D eigenvalue weighted by atomic mass is 10.3. The predicted molar refractivity (Wildman–Crippen MR) is 51.3 cm³/mol. The lowest BCUT2D eigenvalue weighted by Crippen LogP contribution is -2.38. The van der Waals surface area contributed by atoms with E-state index in [0.717, 1.165) is 0 Å². The summed E-state index contributed by atoms with van der Waals surface area (Å²) in [5.41, 5.74) is 0.798. The zero-order valence-corrected chi connectivity index (χ0v) is 8.39. The van der Waals surface area contributed by atoms with Gasteiger partial charge in [-0.25, -0.2) is 4.98 Å². The third kappa shape index (κ3) is 3.01. The third-order valence-corrected chi connectivity index (χ3v) is 1.73. The summed E-state index contributed by atoms with van der Waals surface area (Å²) >= 11 is 0. The largest absolute Gasteiger partial charge is 0.480 e. The van der Waals surface area contributed by atoms with Gasteiger partial charge in [0.25, 0.3) is 5.91 Å². The van der Waals surface area contributed by atoms with Crippen LogP contribution in [0.2, 0.25) is 0 Å². The van der Waals surface area contributed by atoms with Gasteiger partial charge in [-0.1, -0.05) is 0 Å². The van der Waals surface area contributed by atoms with Gasteiger partial charge in [0.1, 0.15) is 11.7 Å². The van der Waals surface area contributed by atoms with Crippen molar-refractivity contribution in [3.05, 3.63) is 23.8 Å². The lowest BCUT2D eigenvalue weighted by Gasteiger charge is -2.07. The van der Waals surface area contributed by atoms with Crippen LogP contribution in [0, 0.1) is 6.92 Å². The lowest BCUT2D eigenvalue weighted by molar-refractivity contribution is -0.138. The number of carboxylic acid groups (broad SMARTS) is 1. The molecule has 1 amide bonds. The molecule has 1 rings (SSSR count). The van der Waals surface area contributed by atoms with Gasteiger partial charge in [-0.2, -0.15) is 0 Å². The summed E-state index contributed by atoms with van der Waals surface area (Å²) in [5.74, 6) is -1.64. The molecule has 6 heteroatoms. The van der Waals surface area contributed by atoms with Gasteiger partial charge in [0.15, 0.2) is 0 Å². The summed E-state index contributed by atoms with van der Waals surface area (Å²) in [6.07, 6.45) is 2.75. The number of nitrogens with one attached hydrogen (secondary N) is 1. The van der Waals surface area contributed by atoms with E-state index >= 15 is 0 Å². The summed E-state index contributed by atoms with van der Waals surface area (Å²) in [7, 11) is 0. The second-order valence-corrected chi connectivity index (χ2v) is 3.08. The van der Waals surface area contributed by atoms with E-state index in [1.54, 1.807) is 6.92 Å². The quantitative estimate of drug-likeness (QED) is 0.730. The molecule has 6 nitrogen and oxygen atoms in total. The number of carbonyl (C=O) groups is 2. The van der Waals surface area contributed by atoms with Gasteiger partial charge < -0.3 is 10.4 Å². The fourth-order valence-corrected chi connectivity index (χ4v) is 0.842. The van der Waals surface area contributed by atoms with E-state index in [0.29, 0.717) is 5.69 Å². The van der Waals surface area contributed by atoms with E-state index in [1.807, 2.05) is 0 Å². The maximum Gasteiger partial charge on any atom is 0.325 e. The van der Waals surface area contributed by atoms with Crippen molar-refractivity contribution >= 4 is 11.9 Å². The number of rotatable bonds is 3. The topological polar surface area (TPSA) is 92.2 Å². The molecule has 1 aromatic heterocycles. The van der Waals surface area contributed by atoms with Crippen molar-refractivity contribution in [2.75, 3.05) is 0 Å². The number of carbonyl (C=O) groups excluding carboxylic acids is 1. The summed E-state index contributed by atoms with van der Waals surface area (Å²) in [4.78, 5) is 29.6. The molecule has 0 fully saturated rings. The van der Waals surface area contributed by atoms with Gasteiger partial charge in [-0.15, -0.1) is 0 Å². The van der Waals surface area contributed by atoms with Crippen LogP contribution in [-0.2, 0) is 4.79 Å². The Morgan fingerprint density at radius 3 is 2.53 bits per heavy atom. The average Bonchev–Trinajstić information content (AvgIpc) is 2.18. The van der Waals surface area contributed by atoms with Crippen LogP contribution in [0.15, 0.2) is 12.4 Å². The van der Waals surface area contributed by atoms with Gasteiger partial charge >= 0.3 is 5.97 Å². The van der Waals surface area contributed by atoms with Crippen LogP contribution in [0.4, 0.5) is 0 Å². The van der Waals surface area contributed by atoms with Crippen LogP contribution < -0.4 is 5.32 Å². The Kier molecular flexibility index (Phi) is 3.33. The summed E-state index contributed by atoms with van der Waals surface area (Å²) < 4.78 is 0. The first-order chi connectivity index (χ1) is 7.00. The first-order valence-electron chi connectivity index (χ1n) is 4.33. The van der Waals surface area contributed by atoms with E-state index in [4.69, 9.17) is 5.11 Å². The molecule has 0 aromatic carbocycles. The molecule has 0 bridgehead atoms. The highest BCUT2D eigenvalue weighted by Crippen LogP contribution is 1.95. The molecule has 80 valence electrons. The molecule has 1 aromatic rings. The second kappa shape index (κ2) is 4.50. The van der Waals surface area contributed by atoms with Crippen LogP contribution in [-0.4, -0.2) is 33.0 Å². The van der Waals surface area contributed by atoms with Crippen LogP contribution in [0.25, 0.3) is 0 Å². The molecule has 2 N–H and O–H groups in total. The van der Waals surface area contributed by atoms with Crippen molar-refractivity contribution < 1.29 is 14.7 Å². The van der Waals surface area contributed by atoms with Crippen molar-refractivity contribution in [3.8, 4) is 0 Å². The number of aliphatic carboxylic acids is 1. The summed E-state index contributed by atoms with van der Waals surface area (Å²) in [5, 5.41) is 10.8. The minimum atomic E-state index is -1.09. The van der Waals surface area contributed by atoms with Crippen LogP contribution in [0.3, 0.4) is 0 Å². The molecule has 0 aliphatic carbocycles. The Morgan fingerprint density at radius 2 is 2.07 bits per heavy atom. The normalized spacial score (nSPS) is 11.9. The molecular formula is C9H11N3O3. The molecule has 0 aliphatic rings. The number of aromatic nitrogens is 2. The number of carboxylic acids is 1. The number of aryl methyl sites for hydroxylation is 1. The third-order valence-electron chi connectivity index (χ3n) is 1.73. The maximum atomic E-state index is 11.4. The van der Waals surface area contributed by atoms with Crippen molar-refractivity contribution in [1.29, 1.82) is 0 Å². The summed E-state index contributed by atoms with van der Waals surface area (Å²) in [6.45, 7) is 3.12. The van der Waals surface area contributed by atoms with Crippen molar-refractivity contribution in [2.24, 2.45) is 0 Å². The highest BCUT2D eigenvalue weighted by molar-refractivity contribution is 5.94. The predicted octanol–water partition coefficient (Wildman–Crippen LogP) is -0.0121. The Bertz CT molecular complexity index is 375. The second-order valence-electron chi connectivity index (χ2n) is 3.08. The Morgan fingerprint density at radius 1 is 1.40 bits per heavy atom. The minimum absolute atomic E-state index is 0.105. The van der Waals surface area contributed by atoms with Crippen LogP contribution in [0.1, 0.15) is 23.1 Å². The molecular weight excluding hydrogens is 198 g/mol. The van der Waals surface area contributed by atoms with Crippen LogP contribution in [0.5, 0.6) is 0 Å². The van der Waals surface area contributed by atoms with Crippen LogP contribution >= 0.6 is 0 Å². The van der Waals surface area contributed by atoms with Gasteiger partial charge in [0, 0.05) is 6.20 Å². The van der Waals surface area contributed by atoms with Crippen molar-refractivity contribution in [3.63, 3.8) is 0 Å². The number of nitrogens with zero attached hydrogens (tertiary/aromatic N) is 2. The zero-order chi connectivity index (χ0) is 11.4. The van der Waals surface area contributed by atoms with Gasteiger partial charge in [-0.3, -0.25) is 14.6 Å². The molecule has 0 saturated carbocycles. The zero-order valence-electron chi connectivity index (χ0n) is 8.39. The first kappa shape index (κ1) is 11.1. The van der Waals surface area contributed by atoms with Gasteiger partial charge in [0.05, 0.1) is 11.9 Å². The average molecular weight is 209 g/mol. The molecule has 1 heterocycles. The molecule has 15 heavy (non-hydrogen) atoms. The monoisotopic (exact) mass is 209 g/mol. The van der Waals surface area contributed by atoms with E-state index in [1.165, 1.54) is 19.3 Å². The highest BCUT2D eigenvalue weighted by atomic mass is 16.4. The molecule has 0 spiro atoms. The first-order valence-corrected chi connectivity index (χ1v) is 4.33. The van der Waals surface area contributed by atoms with E-state index in [-0.39, 0.29) is 5.69 Å². The minimum Gasteiger partial charge on any atom is -0.480 e. The van der Waals surface area contributed by atoms with E-state index in [2.05, 4.69) is 15.3 Å².